The normalized spacial score (nSPS) is 18.6. The number of carboxylic acids is 1. The van der Waals surface area contributed by atoms with E-state index in [-0.39, 0.29) is 18.6 Å². The van der Waals surface area contributed by atoms with Crippen LogP contribution in [0.3, 0.4) is 0 Å². The maximum Gasteiger partial charge on any atom is 0.310 e. The Labute approximate surface area is 121 Å². The van der Waals surface area contributed by atoms with Crippen LogP contribution in [0.15, 0.2) is 0 Å². The lowest BCUT2D eigenvalue weighted by Crippen LogP contribution is -2.44. The Bertz CT molecular complexity index is 335. The fourth-order valence-electron chi connectivity index (χ4n) is 2.27. The van der Waals surface area contributed by atoms with Gasteiger partial charge < -0.3 is 15.2 Å². The molecule has 0 spiro atoms. The molecule has 116 valence electrons. The van der Waals surface area contributed by atoms with Crippen LogP contribution >= 0.6 is 0 Å². The molecule has 1 atom stereocenters. The van der Waals surface area contributed by atoms with E-state index in [0.29, 0.717) is 6.42 Å². The summed E-state index contributed by atoms with van der Waals surface area (Å²) >= 11 is 0. The van der Waals surface area contributed by atoms with Gasteiger partial charge in [0, 0.05) is 6.54 Å². The highest BCUT2D eigenvalue weighted by molar-refractivity contribution is 5.82. The number of ether oxygens (including phenoxy) is 1. The fourth-order valence-corrected chi connectivity index (χ4v) is 2.27. The van der Waals surface area contributed by atoms with E-state index in [1.54, 1.807) is 13.8 Å². The van der Waals surface area contributed by atoms with Crippen LogP contribution in [-0.4, -0.2) is 35.7 Å². The van der Waals surface area contributed by atoms with Gasteiger partial charge in [0.05, 0.1) is 11.5 Å². The largest absolute Gasteiger partial charge is 0.481 e. The third kappa shape index (κ3) is 5.12. The molecule has 1 aliphatic rings. The number of carbonyl (C=O) groups is 2. The summed E-state index contributed by atoms with van der Waals surface area (Å²) in [5, 5.41) is 11.7. The van der Waals surface area contributed by atoms with Gasteiger partial charge in [0.1, 0.15) is 6.10 Å². The van der Waals surface area contributed by atoms with Crippen molar-refractivity contribution in [3.63, 3.8) is 0 Å². The first-order valence-corrected chi connectivity index (χ1v) is 7.53. The lowest BCUT2D eigenvalue weighted by Gasteiger charge is -2.27. The highest BCUT2D eigenvalue weighted by atomic mass is 16.5. The topological polar surface area (TPSA) is 75.6 Å². The number of hydrogen-bond acceptors (Lipinski definition) is 3. The molecule has 0 radical (unpaired) electrons. The second-order valence-electron chi connectivity index (χ2n) is 6.20. The summed E-state index contributed by atoms with van der Waals surface area (Å²) in [6.45, 7) is 5.22. The predicted octanol–water partition coefficient (Wildman–Crippen LogP) is 2.34. The molecule has 20 heavy (non-hydrogen) atoms. The van der Waals surface area contributed by atoms with E-state index < -0.39 is 17.5 Å². The molecule has 1 amide bonds. The standard InChI is InChI=1S/C15H27NO4/c1-4-12(20-11-8-6-5-7-9-11)13(17)16-10-15(2,3)14(18)19/h11-12H,4-10H2,1-3H3,(H,16,17)(H,18,19). The van der Waals surface area contributed by atoms with Gasteiger partial charge in [0.25, 0.3) is 0 Å². The zero-order valence-electron chi connectivity index (χ0n) is 12.8. The maximum absolute atomic E-state index is 12.1. The van der Waals surface area contributed by atoms with Crippen molar-refractivity contribution in [1.29, 1.82) is 0 Å². The van der Waals surface area contributed by atoms with Crippen LogP contribution in [0.25, 0.3) is 0 Å². The lowest BCUT2D eigenvalue weighted by atomic mass is 9.94. The Balaban J connectivity index is 2.44. The molecule has 0 aromatic rings. The Morgan fingerprint density at radius 2 is 1.90 bits per heavy atom. The van der Waals surface area contributed by atoms with Gasteiger partial charge in [-0.2, -0.15) is 0 Å². The predicted molar refractivity (Wildman–Crippen MR) is 76.5 cm³/mol. The minimum absolute atomic E-state index is 0.117. The first kappa shape index (κ1) is 17.0. The molecule has 0 aromatic carbocycles. The second-order valence-corrected chi connectivity index (χ2v) is 6.20. The van der Waals surface area contributed by atoms with Gasteiger partial charge in [-0.15, -0.1) is 0 Å². The van der Waals surface area contributed by atoms with Gasteiger partial charge in [-0.25, -0.2) is 0 Å². The molecule has 1 unspecified atom stereocenters. The number of hydrogen-bond donors (Lipinski definition) is 2. The van der Waals surface area contributed by atoms with Gasteiger partial charge in [-0.05, 0) is 33.1 Å². The van der Waals surface area contributed by atoms with Gasteiger partial charge in [0.2, 0.25) is 5.91 Å². The number of carbonyl (C=O) groups excluding carboxylic acids is 1. The molecule has 0 heterocycles. The number of rotatable bonds is 7. The Morgan fingerprint density at radius 1 is 1.30 bits per heavy atom. The highest BCUT2D eigenvalue weighted by Crippen LogP contribution is 2.22. The van der Waals surface area contributed by atoms with Crippen LogP contribution in [-0.2, 0) is 14.3 Å². The lowest BCUT2D eigenvalue weighted by molar-refractivity contribution is -0.147. The molecular formula is C15H27NO4. The monoisotopic (exact) mass is 285 g/mol. The van der Waals surface area contributed by atoms with Crippen LogP contribution in [0.5, 0.6) is 0 Å². The minimum atomic E-state index is -0.960. The summed E-state index contributed by atoms with van der Waals surface area (Å²) in [5.41, 5.74) is -0.960. The average Bonchev–Trinajstić information content (AvgIpc) is 2.43. The van der Waals surface area contributed by atoms with Gasteiger partial charge >= 0.3 is 5.97 Å². The second kappa shape index (κ2) is 7.62. The molecule has 5 nitrogen and oxygen atoms in total. The summed E-state index contributed by atoms with van der Waals surface area (Å²) in [6.07, 6.45) is 5.92. The molecular weight excluding hydrogens is 258 g/mol. The van der Waals surface area contributed by atoms with E-state index in [2.05, 4.69) is 5.32 Å². The summed E-state index contributed by atoms with van der Waals surface area (Å²) in [7, 11) is 0. The molecule has 0 aliphatic heterocycles. The molecule has 1 fully saturated rings. The van der Waals surface area contributed by atoms with E-state index in [1.165, 1.54) is 6.42 Å². The van der Waals surface area contributed by atoms with E-state index in [0.717, 1.165) is 25.7 Å². The highest BCUT2D eigenvalue weighted by Gasteiger charge is 2.29. The Kier molecular flexibility index (Phi) is 6.46. The van der Waals surface area contributed by atoms with Crippen molar-refractivity contribution in [3.8, 4) is 0 Å². The molecule has 0 bridgehead atoms. The van der Waals surface area contributed by atoms with Gasteiger partial charge in [-0.3, -0.25) is 9.59 Å². The van der Waals surface area contributed by atoms with Crippen molar-refractivity contribution in [2.75, 3.05) is 6.54 Å². The van der Waals surface area contributed by atoms with Crippen molar-refractivity contribution in [1.82, 2.24) is 5.32 Å². The SMILES string of the molecule is CCC(OC1CCCCC1)C(=O)NCC(C)(C)C(=O)O. The fraction of sp³-hybridized carbons (Fsp3) is 0.867. The van der Waals surface area contributed by atoms with Crippen molar-refractivity contribution >= 4 is 11.9 Å². The first-order valence-electron chi connectivity index (χ1n) is 7.53. The Hall–Kier alpha value is -1.10. The van der Waals surface area contributed by atoms with Crippen molar-refractivity contribution in [2.24, 2.45) is 5.41 Å². The molecule has 0 aromatic heterocycles. The minimum Gasteiger partial charge on any atom is -0.481 e. The summed E-state index contributed by atoms with van der Waals surface area (Å²) < 4.78 is 5.87. The average molecular weight is 285 g/mol. The van der Waals surface area contributed by atoms with Crippen LogP contribution in [0.2, 0.25) is 0 Å². The Morgan fingerprint density at radius 3 is 2.40 bits per heavy atom. The maximum atomic E-state index is 12.1. The van der Waals surface area contributed by atoms with Crippen molar-refractivity contribution in [3.05, 3.63) is 0 Å². The quantitative estimate of drug-likeness (QED) is 0.753. The van der Waals surface area contributed by atoms with E-state index >= 15 is 0 Å². The van der Waals surface area contributed by atoms with Crippen molar-refractivity contribution in [2.45, 2.75) is 71.5 Å². The number of amides is 1. The molecule has 1 aliphatic carbocycles. The summed E-state index contributed by atoms with van der Waals surface area (Å²) in [6, 6.07) is 0. The van der Waals surface area contributed by atoms with E-state index in [4.69, 9.17) is 9.84 Å². The van der Waals surface area contributed by atoms with Gasteiger partial charge in [-0.1, -0.05) is 26.2 Å². The van der Waals surface area contributed by atoms with Crippen molar-refractivity contribution < 1.29 is 19.4 Å². The number of nitrogens with one attached hydrogen (secondary N) is 1. The first-order chi connectivity index (χ1) is 9.36. The summed E-state index contributed by atoms with van der Waals surface area (Å²) in [5.74, 6) is -1.12. The molecule has 1 saturated carbocycles. The van der Waals surface area contributed by atoms with E-state index in [9.17, 15) is 9.59 Å². The zero-order valence-corrected chi connectivity index (χ0v) is 12.8. The molecule has 2 N–H and O–H groups in total. The third-order valence-electron chi connectivity index (χ3n) is 3.86. The number of aliphatic carboxylic acids is 1. The van der Waals surface area contributed by atoms with Crippen LogP contribution in [0.1, 0.15) is 59.3 Å². The van der Waals surface area contributed by atoms with Crippen LogP contribution in [0.4, 0.5) is 0 Å². The molecule has 5 heteroatoms. The third-order valence-corrected chi connectivity index (χ3v) is 3.86. The smallest absolute Gasteiger partial charge is 0.310 e. The van der Waals surface area contributed by atoms with E-state index in [1.807, 2.05) is 6.92 Å². The van der Waals surface area contributed by atoms with Crippen LogP contribution in [0, 0.1) is 5.41 Å². The molecule has 1 rings (SSSR count). The molecule has 0 saturated heterocycles. The van der Waals surface area contributed by atoms with Gasteiger partial charge in [0.15, 0.2) is 0 Å². The number of carboxylic acid groups (broad SMARTS) is 1. The van der Waals surface area contributed by atoms with Crippen LogP contribution < -0.4 is 5.32 Å². The summed E-state index contributed by atoms with van der Waals surface area (Å²) in [4.78, 5) is 23.1. The zero-order chi connectivity index (χ0) is 15.2.